The van der Waals surface area contributed by atoms with Crippen LogP contribution >= 0.6 is 0 Å². The highest BCUT2D eigenvalue weighted by atomic mass is 16.2. The van der Waals surface area contributed by atoms with E-state index in [4.69, 9.17) is 0 Å². The van der Waals surface area contributed by atoms with E-state index in [0.29, 0.717) is 0 Å². The number of benzene rings is 2. The smallest absolute Gasteiger partial charge is 0.236 e. The van der Waals surface area contributed by atoms with E-state index in [1.165, 1.54) is 4.90 Å². The maximum atomic E-state index is 12.3. The van der Waals surface area contributed by atoms with Gasteiger partial charge in [-0.3, -0.25) is 9.59 Å². The molecule has 24 heavy (non-hydrogen) atoms. The summed E-state index contributed by atoms with van der Waals surface area (Å²) >= 11 is 0. The Kier molecular flexibility index (Phi) is 5.39. The van der Waals surface area contributed by atoms with E-state index in [1.54, 1.807) is 7.05 Å². The lowest BCUT2D eigenvalue weighted by molar-refractivity contribution is -0.125. The molecule has 0 fully saturated rings. The largest absolute Gasteiger partial charge is 0.325 e. The summed E-state index contributed by atoms with van der Waals surface area (Å²) in [4.78, 5) is 26.1. The number of carbonyl (C=O) groups is 2. The molecule has 0 radical (unpaired) electrons. The second-order valence-corrected chi connectivity index (χ2v) is 6.81. The average molecular weight is 324 g/mol. The van der Waals surface area contributed by atoms with Gasteiger partial charge in [0.1, 0.15) is 6.42 Å². The molecule has 0 heterocycles. The Morgan fingerprint density at radius 3 is 2.17 bits per heavy atom. The van der Waals surface area contributed by atoms with Crippen molar-refractivity contribution in [1.82, 2.24) is 0 Å². The summed E-state index contributed by atoms with van der Waals surface area (Å²) in [5.74, 6) is -0.550. The van der Waals surface area contributed by atoms with E-state index >= 15 is 0 Å². The molecular formula is C20H24N2O2. The molecule has 2 rings (SSSR count). The zero-order chi connectivity index (χ0) is 17.7. The molecule has 2 aromatic carbocycles. The third-order valence-electron chi connectivity index (χ3n) is 3.84. The minimum Gasteiger partial charge on any atom is -0.325 e. The lowest BCUT2D eigenvalue weighted by atomic mass is 9.86. The molecule has 2 amide bonds. The van der Waals surface area contributed by atoms with Crippen molar-refractivity contribution in [2.75, 3.05) is 17.3 Å². The van der Waals surface area contributed by atoms with Crippen LogP contribution in [-0.4, -0.2) is 18.9 Å². The van der Waals surface area contributed by atoms with Gasteiger partial charge < -0.3 is 10.2 Å². The SMILES string of the molecule is CN(C(=O)CC(=O)Nc1ccccc1C(C)(C)C)c1ccccc1. The van der Waals surface area contributed by atoms with Gasteiger partial charge in [0.25, 0.3) is 0 Å². The number of carbonyl (C=O) groups excluding carboxylic acids is 2. The number of nitrogens with one attached hydrogen (secondary N) is 1. The summed E-state index contributed by atoms with van der Waals surface area (Å²) in [6.07, 6.45) is -0.191. The number of hydrogen-bond donors (Lipinski definition) is 1. The van der Waals surface area contributed by atoms with Crippen molar-refractivity contribution in [3.63, 3.8) is 0 Å². The van der Waals surface area contributed by atoms with Gasteiger partial charge in [-0.2, -0.15) is 0 Å². The van der Waals surface area contributed by atoms with Gasteiger partial charge in [-0.25, -0.2) is 0 Å². The maximum absolute atomic E-state index is 12.3. The molecular weight excluding hydrogens is 300 g/mol. The van der Waals surface area contributed by atoms with E-state index in [0.717, 1.165) is 16.9 Å². The van der Waals surface area contributed by atoms with E-state index < -0.39 is 0 Å². The fourth-order valence-corrected chi connectivity index (χ4v) is 2.49. The van der Waals surface area contributed by atoms with Crippen molar-refractivity contribution in [2.45, 2.75) is 32.6 Å². The molecule has 0 aromatic heterocycles. The van der Waals surface area contributed by atoms with Crippen molar-refractivity contribution < 1.29 is 9.59 Å². The van der Waals surface area contributed by atoms with Gasteiger partial charge in [0.2, 0.25) is 11.8 Å². The summed E-state index contributed by atoms with van der Waals surface area (Å²) in [6, 6.07) is 17.0. The monoisotopic (exact) mass is 324 g/mol. The van der Waals surface area contributed by atoms with Gasteiger partial charge in [-0.1, -0.05) is 57.2 Å². The van der Waals surface area contributed by atoms with Gasteiger partial charge in [-0.15, -0.1) is 0 Å². The van der Waals surface area contributed by atoms with Crippen LogP contribution in [0.5, 0.6) is 0 Å². The van der Waals surface area contributed by atoms with Crippen LogP contribution in [0.4, 0.5) is 11.4 Å². The maximum Gasteiger partial charge on any atom is 0.236 e. The summed E-state index contributed by atoms with van der Waals surface area (Å²) in [7, 11) is 1.67. The molecule has 0 spiro atoms. The highest BCUT2D eigenvalue weighted by Crippen LogP contribution is 2.29. The van der Waals surface area contributed by atoms with Crippen LogP contribution in [-0.2, 0) is 15.0 Å². The minimum absolute atomic E-state index is 0.0886. The second-order valence-electron chi connectivity index (χ2n) is 6.81. The van der Waals surface area contributed by atoms with Gasteiger partial charge >= 0.3 is 0 Å². The van der Waals surface area contributed by atoms with E-state index in [-0.39, 0.29) is 23.7 Å². The molecule has 0 aliphatic heterocycles. The first-order valence-electron chi connectivity index (χ1n) is 8.00. The third kappa shape index (κ3) is 4.44. The van der Waals surface area contributed by atoms with Crippen LogP contribution in [0.3, 0.4) is 0 Å². The zero-order valence-corrected chi connectivity index (χ0v) is 14.7. The Morgan fingerprint density at radius 2 is 1.54 bits per heavy atom. The van der Waals surface area contributed by atoms with Gasteiger partial charge in [-0.05, 0) is 29.2 Å². The van der Waals surface area contributed by atoms with E-state index in [2.05, 4.69) is 26.1 Å². The summed E-state index contributed by atoms with van der Waals surface area (Å²) in [5.41, 5.74) is 2.48. The summed E-state index contributed by atoms with van der Waals surface area (Å²) in [6.45, 7) is 6.27. The zero-order valence-electron chi connectivity index (χ0n) is 14.7. The van der Waals surface area contributed by atoms with Crippen LogP contribution in [0.1, 0.15) is 32.8 Å². The Balaban J connectivity index is 2.05. The summed E-state index contributed by atoms with van der Waals surface area (Å²) < 4.78 is 0. The van der Waals surface area contributed by atoms with Crippen molar-refractivity contribution in [1.29, 1.82) is 0 Å². The molecule has 126 valence electrons. The first-order valence-corrected chi connectivity index (χ1v) is 8.00. The molecule has 0 saturated heterocycles. The Hall–Kier alpha value is -2.62. The predicted molar refractivity (Wildman–Crippen MR) is 98.2 cm³/mol. The first-order chi connectivity index (χ1) is 11.3. The standard InChI is InChI=1S/C20H24N2O2/c1-20(2,3)16-12-8-9-13-17(16)21-18(23)14-19(24)22(4)15-10-6-5-7-11-15/h5-13H,14H2,1-4H3,(H,21,23). The average Bonchev–Trinajstić information content (AvgIpc) is 2.54. The molecule has 1 N–H and O–H groups in total. The van der Waals surface area contributed by atoms with Crippen molar-refractivity contribution in [2.24, 2.45) is 0 Å². The highest BCUT2D eigenvalue weighted by Gasteiger charge is 2.20. The lowest BCUT2D eigenvalue weighted by Gasteiger charge is -2.23. The number of hydrogen-bond acceptors (Lipinski definition) is 2. The Morgan fingerprint density at radius 1 is 0.958 bits per heavy atom. The van der Waals surface area contributed by atoms with Crippen molar-refractivity contribution in [3.05, 3.63) is 60.2 Å². The van der Waals surface area contributed by atoms with Crippen LogP contribution < -0.4 is 10.2 Å². The third-order valence-corrected chi connectivity index (χ3v) is 3.84. The first kappa shape index (κ1) is 17.7. The fraction of sp³-hybridized carbons (Fsp3) is 0.300. The van der Waals surface area contributed by atoms with Crippen LogP contribution in [0, 0.1) is 0 Å². The molecule has 0 saturated carbocycles. The molecule has 4 heteroatoms. The lowest BCUT2D eigenvalue weighted by Crippen LogP contribution is -2.30. The van der Waals surface area contributed by atoms with Gasteiger partial charge in [0, 0.05) is 18.4 Å². The number of nitrogens with zero attached hydrogens (tertiary/aromatic N) is 1. The number of para-hydroxylation sites is 2. The topological polar surface area (TPSA) is 49.4 Å². The van der Waals surface area contributed by atoms with Crippen molar-refractivity contribution in [3.8, 4) is 0 Å². The summed E-state index contributed by atoms with van der Waals surface area (Å²) in [5, 5.41) is 2.87. The second kappa shape index (κ2) is 7.30. The van der Waals surface area contributed by atoms with E-state index in [9.17, 15) is 9.59 Å². The number of amides is 2. The Labute approximate surface area is 143 Å². The predicted octanol–water partition coefficient (Wildman–Crippen LogP) is 3.98. The Bertz CT molecular complexity index is 718. The van der Waals surface area contributed by atoms with Gasteiger partial charge in [0.05, 0.1) is 0 Å². The van der Waals surface area contributed by atoms with Crippen LogP contribution in [0.25, 0.3) is 0 Å². The quantitative estimate of drug-likeness (QED) is 0.865. The van der Waals surface area contributed by atoms with E-state index in [1.807, 2.05) is 54.6 Å². The molecule has 0 atom stereocenters. The molecule has 0 bridgehead atoms. The number of anilines is 2. The molecule has 4 nitrogen and oxygen atoms in total. The number of rotatable bonds is 4. The van der Waals surface area contributed by atoms with Crippen LogP contribution in [0.2, 0.25) is 0 Å². The normalized spacial score (nSPS) is 11.0. The highest BCUT2D eigenvalue weighted by molar-refractivity contribution is 6.09. The molecule has 0 aliphatic carbocycles. The molecule has 0 aliphatic rings. The fourth-order valence-electron chi connectivity index (χ4n) is 2.49. The van der Waals surface area contributed by atoms with Crippen molar-refractivity contribution >= 4 is 23.2 Å². The van der Waals surface area contributed by atoms with Gasteiger partial charge in [0.15, 0.2) is 0 Å². The molecule has 2 aromatic rings. The molecule has 0 unspecified atom stereocenters. The minimum atomic E-state index is -0.306. The van der Waals surface area contributed by atoms with Crippen LogP contribution in [0.15, 0.2) is 54.6 Å².